The highest BCUT2D eigenvalue weighted by Crippen LogP contribution is 2.23. The van der Waals surface area contributed by atoms with Gasteiger partial charge in [-0.05, 0) is 12.1 Å². The molecule has 0 spiro atoms. The van der Waals surface area contributed by atoms with Crippen LogP contribution in [0.4, 0.5) is 27.6 Å². The van der Waals surface area contributed by atoms with E-state index in [0.717, 1.165) is 0 Å². The molecule has 0 aliphatic heterocycles. The highest BCUT2D eigenvalue weighted by molar-refractivity contribution is 6.10. The van der Waals surface area contributed by atoms with Crippen molar-refractivity contribution in [1.82, 2.24) is 0 Å². The largest absolute Gasteiger partial charge is 0.396 e. The lowest BCUT2D eigenvalue weighted by Crippen LogP contribution is -2.12. The highest BCUT2D eigenvalue weighted by atomic mass is 19.2. The van der Waals surface area contributed by atoms with Crippen molar-refractivity contribution < 1.29 is 26.7 Å². The molecular formula is C13H6F5NO. The summed E-state index contributed by atoms with van der Waals surface area (Å²) in [6.45, 7) is 0. The Hall–Kier alpha value is -2.44. The van der Waals surface area contributed by atoms with Gasteiger partial charge in [0.05, 0.1) is 16.8 Å². The Bertz CT molecular complexity index is 691. The Morgan fingerprint density at radius 2 is 1.35 bits per heavy atom. The molecule has 2 rings (SSSR count). The molecule has 0 heterocycles. The van der Waals surface area contributed by atoms with Gasteiger partial charge in [0.1, 0.15) is 23.3 Å². The van der Waals surface area contributed by atoms with Crippen LogP contribution in [-0.4, -0.2) is 5.78 Å². The molecule has 0 amide bonds. The first-order valence-electron chi connectivity index (χ1n) is 5.25. The Kier molecular flexibility index (Phi) is 3.44. The van der Waals surface area contributed by atoms with E-state index < -0.39 is 51.7 Å². The molecule has 0 bridgehead atoms. The predicted molar refractivity (Wildman–Crippen MR) is 60.5 cm³/mol. The van der Waals surface area contributed by atoms with Crippen molar-refractivity contribution in [3.8, 4) is 0 Å². The number of carbonyl (C=O) groups is 1. The summed E-state index contributed by atoms with van der Waals surface area (Å²) < 4.78 is 66.3. The number of benzene rings is 2. The van der Waals surface area contributed by atoms with E-state index in [9.17, 15) is 26.7 Å². The lowest BCUT2D eigenvalue weighted by atomic mass is 10.0. The smallest absolute Gasteiger partial charge is 0.202 e. The van der Waals surface area contributed by atoms with Gasteiger partial charge in [0.25, 0.3) is 0 Å². The number of nitrogens with two attached hydrogens (primary N) is 1. The summed E-state index contributed by atoms with van der Waals surface area (Å²) in [6, 6.07) is 1.59. The van der Waals surface area contributed by atoms with Gasteiger partial charge in [-0.3, -0.25) is 4.79 Å². The van der Waals surface area contributed by atoms with E-state index in [1.807, 2.05) is 0 Å². The minimum Gasteiger partial charge on any atom is -0.396 e. The summed E-state index contributed by atoms with van der Waals surface area (Å²) in [4.78, 5) is 11.9. The standard InChI is InChI=1S/C13H6F5NO/c14-5-1-7(12(18)10(19)4-5)13(20)11-8(16)2-6(15)3-9(11)17/h1-4H,19H2. The number of anilines is 1. The number of rotatable bonds is 2. The summed E-state index contributed by atoms with van der Waals surface area (Å²) in [5.41, 5.74) is 2.32. The maximum Gasteiger partial charge on any atom is 0.202 e. The zero-order valence-corrected chi connectivity index (χ0v) is 9.68. The van der Waals surface area contributed by atoms with Crippen molar-refractivity contribution in [1.29, 1.82) is 0 Å². The number of hydrogen-bond donors (Lipinski definition) is 1. The molecule has 2 aromatic rings. The molecular weight excluding hydrogens is 281 g/mol. The predicted octanol–water partition coefficient (Wildman–Crippen LogP) is 3.20. The lowest BCUT2D eigenvalue weighted by Gasteiger charge is -2.07. The second-order valence-electron chi connectivity index (χ2n) is 3.93. The van der Waals surface area contributed by atoms with E-state index in [-0.39, 0.29) is 12.1 Å². The van der Waals surface area contributed by atoms with Gasteiger partial charge in [-0.1, -0.05) is 0 Å². The lowest BCUT2D eigenvalue weighted by molar-refractivity contribution is 0.102. The number of hydrogen-bond acceptors (Lipinski definition) is 2. The summed E-state index contributed by atoms with van der Waals surface area (Å²) in [7, 11) is 0. The van der Waals surface area contributed by atoms with Crippen LogP contribution in [0.5, 0.6) is 0 Å². The molecule has 2 aromatic carbocycles. The van der Waals surface area contributed by atoms with E-state index in [1.165, 1.54) is 0 Å². The van der Waals surface area contributed by atoms with Crippen molar-refractivity contribution in [3.05, 3.63) is 64.5 Å². The average Bonchev–Trinajstić information content (AvgIpc) is 2.32. The van der Waals surface area contributed by atoms with Gasteiger partial charge in [0, 0.05) is 12.1 Å². The van der Waals surface area contributed by atoms with Crippen molar-refractivity contribution in [2.45, 2.75) is 0 Å². The van der Waals surface area contributed by atoms with E-state index in [0.29, 0.717) is 12.1 Å². The van der Waals surface area contributed by atoms with Crippen molar-refractivity contribution in [3.63, 3.8) is 0 Å². The van der Waals surface area contributed by atoms with Gasteiger partial charge in [0.15, 0.2) is 5.82 Å². The first-order chi connectivity index (χ1) is 9.31. The third-order valence-corrected chi connectivity index (χ3v) is 2.54. The summed E-state index contributed by atoms with van der Waals surface area (Å²) in [5.74, 6) is -8.10. The molecule has 0 fully saturated rings. The molecule has 0 saturated heterocycles. The van der Waals surface area contributed by atoms with Crippen molar-refractivity contribution in [2.75, 3.05) is 5.73 Å². The molecule has 0 atom stereocenters. The fourth-order valence-electron chi connectivity index (χ4n) is 1.67. The SMILES string of the molecule is Nc1cc(F)cc(C(=O)c2c(F)cc(F)cc2F)c1F. The van der Waals surface area contributed by atoms with E-state index >= 15 is 0 Å². The molecule has 0 aliphatic rings. The van der Waals surface area contributed by atoms with Crippen LogP contribution in [0, 0.1) is 29.1 Å². The second-order valence-corrected chi connectivity index (χ2v) is 3.93. The molecule has 104 valence electrons. The van der Waals surface area contributed by atoms with Crippen LogP contribution in [0.3, 0.4) is 0 Å². The molecule has 0 radical (unpaired) electrons. The normalized spacial score (nSPS) is 10.7. The maximum absolute atomic E-state index is 13.6. The van der Waals surface area contributed by atoms with Gasteiger partial charge < -0.3 is 5.73 Å². The molecule has 0 aliphatic carbocycles. The fraction of sp³-hybridized carbons (Fsp3) is 0. The van der Waals surface area contributed by atoms with Gasteiger partial charge in [-0.15, -0.1) is 0 Å². The van der Waals surface area contributed by atoms with Crippen LogP contribution in [0.2, 0.25) is 0 Å². The van der Waals surface area contributed by atoms with E-state index in [1.54, 1.807) is 0 Å². The summed E-state index contributed by atoms with van der Waals surface area (Å²) >= 11 is 0. The van der Waals surface area contributed by atoms with Crippen LogP contribution in [0.25, 0.3) is 0 Å². The minimum atomic E-state index is -1.52. The van der Waals surface area contributed by atoms with Crippen molar-refractivity contribution >= 4 is 11.5 Å². The fourth-order valence-corrected chi connectivity index (χ4v) is 1.67. The van der Waals surface area contributed by atoms with Crippen molar-refractivity contribution in [2.24, 2.45) is 0 Å². The first-order valence-corrected chi connectivity index (χ1v) is 5.25. The molecule has 0 aromatic heterocycles. The van der Waals surface area contributed by atoms with Crippen LogP contribution in [-0.2, 0) is 0 Å². The summed E-state index contributed by atoms with van der Waals surface area (Å²) in [6.07, 6.45) is 0. The topological polar surface area (TPSA) is 43.1 Å². The molecule has 7 heteroatoms. The van der Waals surface area contributed by atoms with E-state index in [2.05, 4.69) is 0 Å². The van der Waals surface area contributed by atoms with Crippen LogP contribution in [0.1, 0.15) is 15.9 Å². The Morgan fingerprint density at radius 3 is 1.90 bits per heavy atom. The van der Waals surface area contributed by atoms with Crippen LogP contribution in [0.15, 0.2) is 24.3 Å². The average molecular weight is 287 g/mol. The van der Waals surface area contributed by atoms with Gasteiger partial charge >= 0.3 is 0 Å². The molecule has 20 heavy (non-hydrogen) atoms. The molecule has 2 N–H and O–H groups in total. The molecule has 0 unspecified atom stereocenters. The van der Waals surface area contributed by atoms with Gasteiger partial charge in [-0.25, -0.2) is 22.0 Å². The third kappa shape index (κ3) is 2.34. The molecule has 0 saturated carbocycles. The maximum atomic E-state index is 13.6. The van der Waals surface area contributed by atoms with E-state index in [4.69, 9.17) is 5.73 Å². The molecule has 2 nitrogen and oxygen atoms in total. The highest BCUT2D eigenvalue weighted by Gasteiger charge is 2.24. The number of nitrogen functional groups attached to an aromatic ring is 1. The Labute approximate surface area is 109 Å². The van der Waals surface area contributed by atoms with Crippen LogP contribution >= 0.6 is 0 Å². The third-order valence-electron chi connectivity index (χ3n) is 2.54. The monoisotopic (exact) mass is 287 g/mol. The number of carbonyl (C=O) groups excluding carboxylic acids is 1. The number of ketones is 1. The Morgan fingerprint density at radius 1 is 0.850 bits per heavy atom. The first kappa shape index (κ1) is 14.0. The van der Waals surface area contributed by atoms with Crippen LogP contribution < -0.4 is 5.73 Å². The minimum absolute atomic E-state index is 0.261. The quantitative estimate of drug-likeness (QED) is 0.523. The number of halogens is 5. The van der Waals surface area contributed by atoms with Gasteiger partial charge in [-0.2, -0.15) is 0 Å². The Balaban J connectivity index is 2.64. The summed E-state index contributed by atoms with van der Waals surface area (Å²) in [5, 5.41) is 0. The van der Waals surface area contributed by atoms with Gasteiger partial charge in [0.2, 0.25) is 5.78 Å². The zero-order chi connectivity index (χ0) is 15.0. The zero-order valence-electron chi connectivity index (χ0n) is 9.68. The second kappa shape index (κ2) is 4.92.